The lowest BCUT2D eigenvalue weighted by molar-refractivity contribution is 0.104. The van der Waals surface area contributed by atoms with Crippen molar-refractivity contribution < 1.29 is 9.18 Å². The third-order valence-electron chi connectivity index (χ3n) is 1.90. The maximum absolute atomic E-state index is 12.8. The van der Waals surface area contributed by atoms with Crippen LogP contribution in [0.15, 0.2) is 30.9 Å². The van der Waals surface area contributed by atoms with Crippen LogP contribution >= 0.6 is 0 Å². The van der Waals surface area contributed by atoms with Crippen LogP contribution in [-0.2, 0) is 6.42 Å². The Morgan fingerprint density at radius 1 is 1.62 bits per heavy atom. The first kappa shape index (κ1) is 9.65. The van der Waals surface area contributed by atoms with Crippen molar-refractivity contribution in [2.45, 2.75) is 13.3 Å². The summed E-state index contributed by atoms with van der Waals surface area (Å²) >= 11 is 0. The highest BCUT2D eigenvalue weighted by Crippen LogP contribution is 2.13. The first-order valence-electron chi connectivity index (χ1n) is 4.14. The summed E-state index contributed by atoms with van der Waals surface area (Å²) in [6, 6.07) is 4.17. The summed E-state index contributed by atoms with van der Waals surface area (Å²) < 4.78 is 12.8. The number of carbonyl (C=O) groups is 1. The van der Waals surface area contributed by atoms with E-state index in [9.17, 15) is 9.18 Å². The van der Waals surface area contributed by atoms with Crippen molar-refractivity contribution in [3.63, 3.8) is 0 Å². The fourth-order valence-electron chi connectivity index (χ4n) is 1.21. The second-order valence-electron chi connectivity index (χ2n) is 2.72. The van der Waals surface area contributed by atoms with Crippen LogP contribution in [-0.4, -0.2) is 5.78 Å². The average molecular weight is 178 g/mol. The number of rotatable bonds is 3. The zero-order valence-electron chi connectivity index (χ0n) is 7.51. The van der Waals surface area contributed by atoms with E-state index in [0.29, 0.717) is 12.0 Å². The molecule has 1 nitrogen and oxygen atoms in total. The molecular weight excluding hydrogens is 167 g/mol. The molecule has 0 N–H and O–H groups in total. The normalized spacial score (nSPS) is 9.69. The zero-order valence-corrected chi connectivity index (χ0v) is 7.51. The number of carbonyl (C=O) groups excluding carboxylic acids is 1. The highest BCUT2D eigenvalue weighted by atomic mass is 19.1. The van der Waals surface area contributed by atoms with E-state index < -0.39 is 0 Å². The predicted molar refractivity (Wildman–Crippen MR) is 50.3 cm³/mol. The SMILES string of the molecule is C=CC(=O)c1ccc(F)cc1CC. The molecule has 0 saturated heterocycles. The van der Waals surface area contributed by atoms with E-state index in [0.717, 1.165) is 5.56 Å². The lowest BCUT2D eigenvalue weighted by atomic mass is 10.0. The lowest BCUT2D eigenvalue weighted by Gasteiger charge is -2.03. The lowest BCUT2D eigenvalue weighted by Crippen LogP contribution is -2.00. The molecule has 1 aromatic rings. The largest absolute Gasteiger partial charge is 0.289 e. The second kappa shape index (κ2) is 3.99. The van der Waals surface area contributed by atoms with Gasteiger partial charge in [0.2, 0.25) is 0 Å². The molecule has 0 heterocycles. The molecule has 0 amide bonds. The van der Waals surface area contributed by atoms with Gasteiger partial charge in [-0.1, -0.05) is 13.5 Å². The maximum Gasteiger partial charge on any atom is 0.185 e. The standard InChI is InChI=1S/C11H11FO/c1-3-8-7-9(12)5-6-10(8)11(13)4-2/h4-7H,2-3H2,1H3. The summed E-state index contributed by atoms with van der Waals surface area (Å²) in [5.41, 5.74) is 1.27. The molecule has 13 heavy (non-hydrogen) atoms. The van der Waals surface area contributed by atoms with E-state index in [-0.39, 0.29) is 11.6 Å². The van der Waals surface area contributed by atoms with Crippen molar-refractivity contribution in [2.75, 3.05) is 0 Å². The molecule has 0 bridgehead atoms. The Balaban J connectivity index is 3.20. The van der Waals surface area contributed by atoms with Crippen LogP contribution in [0.25, 0.3) is 0 Å². The first-order chi connectivity index (χ1) is 6.19. The van der Waals surface area contributed by atoms with Crippen LogP contribution in [0.4, 0.5) is 4.39 Å². The third kappa shape index (κ3) is 2.02. The van der Waals surface area contributed by atoms with Gasteiger partial charge >= 0.3 is 0 Å². The molecule has 0 spiro atoms. The van der Waals surface area contributed by atoms with Gasteiger partial charge < -0.3 is 0 Å². The van der Waals surface area contributed by atoms with Crippen LogP contribution in [0.1, 0.15) is 22.8 Å². The zero-order chi connectivity index (χ0) is 9.84. The number of halogens is 1. The molecule has 0 aliphatic rings. The maximum atomic E-state index is 12.8. The number of ketones is 1. The predicted octanol–water partition coefficient (Wildman–Crippen LogP) is 2.76. The molecule has 68 valence electrons. The second-order valence-corrected chi connectivity index (χ2v) is 2.72. The van der Waals surface area contributed by atoms with E-state index in [2.05, 4.69) is 6.58 Å². The smallest absolute Gasteiger partial charge is 0.185 e. The minimum atomic E-state index is -0.308. The van der Waals surface area contributed by atoms with Crippen molar-refractivity contribution in [1.29, 1.82) is 0 Å². The van der Waals surface area contributed by atoms with Gasteiger partial charge in [-0.3, -0.25) is 4.79 Å². The average Bonchev–Trinajstić information content (AvgIpc) is 2.16. The molecule has 1 aromatic carbocycles. The fourth-order valence-corrected chi connectivity index (χ4v) is 1.21. The van der Waals surface area contributed by atoms with Gasteiger partial charge in [-0.15, -0.1) is 0 Å². The highest BCUT2D eigenvalue weighted by Gasteiger charge is 2.07. The van der Waals surface area contributed by atoms with Crippen molar-refractivity contribution in [3.05, 3.63) is 47.8 Å². The van der Waals surface area contributed by atoms with Gasteiger partial charge in [0, 0.05) is 5.56 Å². The minimum Gasteiger partial charge on any atom is -0.289 e. The Bertz CT molecular complexity index is 342. The van der Waals surface area contributed by atoms with Gasteiger partial charge in [0.1, 0.15) is 5.82 Å². The number of hydrogen-bond acceptors (Lipinski definition) is 1. The summed E-state index contributed by atoms with van der Waals surface area (Å²) in [5.74, 6) is -0.464. The summed E-state index contributed by atoms with van der Waals surface area (Å²) in [6.45, 7) is 5.28. The minimum absolute atomic E-state index is 0.156. The van der Waals surface area contributed by atoms with Crippen molar-refractivity contribution in [3.8, 4) is 0 Å². The summed E-state index contributed by atoms with van der Waals surface area (Å²) in [4.78, 5) is 11.3. The molecule has 0 aliphatic heterocycles. The van der Waals surface area contributed by atoms with Gasteiger partial charge in [-0.25, -0.2) is 4.39 Å². The third-order valence-corrected chi connectivity index (χ3v) is 1.90. The molecule has 0 unspecified atom stereocenters. The van der Waals surface area contributed by atoms with Crippen LogP contribution < -0.4 is 0 Å². The summed E-state index contributed by atoms with van der Waals surface area (Å²) in [5, 5.41) is 0. The molecule has 0 aromatic heterocycles. The van der Waals surface area contributed by atoms with Crippen LogP contribution in [0, 0.1) is 5.82 Å². The molecule has 0 atom stereocenters. The topological polar surface area (TPSA) is 17.1 Å². The number of aryl methyl sites for hydroxylation is 1. The summed E-state index contributed by atoms with van der Waals surface area (Å²) in [6.07, 6.45) is 1.89. The monoisotopic (exact) mass is 178 g/mol. The Morgan fingerprint density at radius 3 is 2.85 bits per heavy atom. The fraction of sp³-hybridized carbons (Fsp3) is 0.182. The van der Waals surface area contributed by atoms with Crippen molar-refractivity contribution >= 4 is 5.78 Å². The molecule has 0 aliphatic carbocycles. The van der Waals surface area contributed by atoms with Crippen LogP contribution in [0.2, 0.25) is 0 Å². The van der Waals surface area contributed by atoms with Crippen LogP contribution in [0.5, 0.6) is 0 Å². The molecule has 2 heteroatoms. The van der Waals surface area contributed by atoms with E-state index in [1.807, 2.05) is 6.92 Å². The van der Waals surface area contributed by atoms with Gasteiger partial charge in [-0.05, 0) is 36.3 Å². The van der Waals surface area contributed by atoms with Crippen molar-refractivity contribution in [1.82, 2.24) is 0 Å². The summed E-state index contributed by atoms with van der Waals surface area (Å²) in [7, 11) is 0. The van der Waals surface area contributed by atoms with Crippen molar-refractivity contribution in [2.24, 2.45) is 0 Å². The van der Waals surface area contributed by atoms with E-state index >= 15 is 0 Å². The highest BCUT2D eigenvalue weighted by molar-refractivity contribution is 6.05. The van der Waals surface area contributed by atoms with Gasteiger partial charge in [0.25, 0.3) is 0 Å². The first-order valence-corrected chi connectivity index (χ1v) is 4.14. The molecule has 1 rings (SSSR count). The molecular formula is C11H11FO. The van der Waals surface area contributed by atoms with E-state index in [4.69, 9.17) is 0 Å². The Labute approximate surface area is 76.9 Å². The Hall–Kier alpha value is -1.44. The van der Waals surface area contributed by atoms with Gasteiger partial charge in [0.05, 0.1) is 0 Å². The van der Waals surface area contributed by atoms with Crippen LogP contribution in [0.3, 0.4) is 0 Å². The van der Waals surface area contributed by atoms with E-state index in [1.165, 1.54) is 24.3 Å². The quantitative estimate of drug-likeness (QED) is 0.513. The number of hydrogen-bond donors (Lipinski definition) is 0. The Kier molecular flexibility index (Phi) is 2.96. The molecule has 0 saturated carbocycles. The molecule has 0 radical (unpaired) electrons. The number of allylic oxidation sites excluding steroid dienone is 1. The Morgan fingerprint density at radius 2 is 2.31 bits per heavy atom. The number of benzene rings is 1. The molecule has 0 fully saturated rings. The van der Waals surface area contributed by atoms with Gasteiger partial charge in [-0.2, -0.15) is 0 Å². The van der Waals surface area contributed by atoms with E-state index in [1.54, 1.807) is 0 Å². The van der Waals surface area contributed by atoms with Gasteiger partial charge in [0.15, 0.2) is 5.78 Å².